The molecule has 1 fully saturated rings. The van der Waals surface area contributed by atoms with Gasteiger partial charge in [-0.05, 0) is 134 Å². The van der Waals surface area contributed by atoms with Crippen LogP contribution in [0.1, 0.15) is 41.3 Å². The third-order valence-corrected chi connectivity index (χ3v) is 11.0. The van der Waals surface area contributed by atoms with E-state index < -0.39 is 11.7 Å². The van der Waals surface area contributed by atoms with Gasteiger partial charge in [0.1, 0.15) is 0 Å². The Hall–Kier alpha value is -4.34. The SMILES string of the molecule is CC(CSc1ccccc1)Nc1ccc(SNC(=O)c2ccc(N3CCC(Cc4ccccc4-c4ccc(C(F)(F)F)cc4)CC3)cc2)cc1. The Bertz CT molecular complexity index is 1830. The summed E-state index contributed by atoms with van der Waals surface area (Å²) in [6.07, 6.45) is -1.43. The fourth-order valence-corrected chi connectivity index (χ4v) is 7.67. The Labute approximate surface area is 301 Å². The lowest BCUT2D eigenvalue weighted by Gasteiger charge is -2.34. The number of anilines is 2. The van der Waals surface area contributed by atoms with Crippen molar-refractivity contribution in [1.29, 1.82) is 0 Å². The number of piperidine rings is 1. The van der Waals surface area contributed by atoms with Crippen molar-refractivity contribution in [3.8, 4) is 11.1 Å². The minimum atomic E-state index is -4.34. The van der Waals surface area contributed by atoms with E-state index in [1.165, 1.54) is 16.8 Å². The van der Waals surface area contributed by atoms with Gasteiger partial charge >= 0.3 is 6.18 Å². The zero-order valence-electron chi connectivity index (χ0n) is 27.8. The highest BCUT2D eigenvalue weighted by atomic mass is 32.2. The molecular weight excluding hydrogens is 672 g/mol. The smallest absolute Gasteiger partial charge is 0.382 e. The van der Waals surface area contributed by atoms with E-state index >= 15 is 0 Å². The number of carbonyl (C=O) groups excluding carboxylic acids is 1. The molecule has 1 aliphatic rings. The molecule has 1 saturated heterocycles. The second kappa shape index (κ2) is 16.6. The monoisotopic (exact) mass is 711 g/mol. The van der Waals surface area contributed by atoms with Gasteiger partial charge in [0, 0.05) is 51.6 Å². The van der Waals surface area contributed by atoms with Crippen LogP contribution in [0.4, 0.5) is 24.5 Å². The average molecular weight is 712 g/mol. The van der Waals surface area contributed by atoms with Crippen molar-refractivity contribution in [3.63, 3.8) is 0 Å². The summed E-state index contributed by atoms with van der Waals surface area (Å²) >= 11 is 3.14. The molecule has 1 heterocycles. The third-order valence-electron chi connectivity index (χ3n) is 8.93. The fraction of sp³-hybridized carbons (Fsp3) is 0.244. The number of halogens is 3. The molecule has 1 unspecified atom stereocenters. The second-order valence-electron chi connectivity index (χ2n) is 12.6. The van der Waals surface area contributed by atoms with Gasteiger partial charge < -0.3 is 10.2 Å². The van der Waals surface area contributed by atoms with E-state index in [4.69, 9.17) is 0 Å². The lowest BCUT2D eigenvalue weighted by atomic mass is 9.86. The van der Waals surface area contributed by atoms with E-state index in [-0.39, 0.29) is 5.91 Å². The van der Waals surface area contributed by atoms with Crippen LogP contribution in [-0.4, -0.2) is 30.8 Å². The van der Waals surface area contributed by atoms with Crippen LogP contribution in [0.25, 0.3) is 11.1 Å². The molecule has 50 heavy (non-hydrogen) atoms. The summed E-state index contributed by atoms with van der Waals surface area (Å²) < 4.78 is 42.2. The van der Waals surface area contributed by atoms with Gasteiger partial charge in [0.05, 0.1) is 5.56 Å². The number of rotatable bonds is 12. The molecular formula is C41H40F3N3OS2. The normalized spacial score (nSPS) is 14.3. The highest BCUT2D eigenvalue weighted by Crippen LogP contribution is 2.34. The Morgan fingerprint density at radius 1 is 0.800 bits per heavy atom. The first-order chi connectivity index (χ1) is 24.2. The maximum atomic E-state index is 13.1. The van der Waals surface area contributed by atoms with Crippen LogP contribution in [0.2, 0.25) is 0 Å². The van der Waals surface area contributed by atoms with Crippen molar-refractivity contribution in [2.24, 2.45) is 5.92 Å². The number of hydrogen-bond donors (Lipinski definition) is 2. The number of nitrogens with one attached hydrogen (secondary N) is 2. The van der Waals surface area contributed by atoms with E-state index in [2.05, 4.69) is 52.2 Å². The number of alkyl halides is 3. The van der Waals surface area contributed by atoms with Gasteiger partial charge in [0.25, 0.3) is 5.91 Å². The summed E-state index contributed by atoms with van der Waals surface area (Å²) in [5.41, 5.74) is 5.07. The topological polar surface area (TPSA) is 44.4 Å². The number of carbonyl (C=O) groups is 1. The van der Waals surface area contributed by atoms with Crippen molar-refractivity contribution in [1.82, 2.24) is 4.72 Å². The van der Waals surface area contributed by atoms with Crippen LogP contribution in [0.3, 0.4) is 0 Å². The average Bonchev–Trinajstić information content (AvgIpc) is 3.14. The predicted molar refractivity (Wildman–Crippen MR) is 202 cm³/mol. The van der Waals surface area contributed by atoms with Gasteiger partial charge in [0.2, 0.25) is 0 Å². The van der Waals surface area contributed by atoms with Gasteiger partial charge in [-0.2, -0.15) is 13.2 Å². The molecule has 0 spiro atoms. The quantitative estimate of drug-likeness (QED) is 0.0996. The van der Waals surface area contributed by atoms with E-state index in [0.29, 0.717) is 17.5 Å². The molecule has 0 saturated carbocycles. The number of thioether (sulfide) groups is 1. The number of nitrogens with zero attached hydrogens (tertiary/aromatic N) is 1. The molecule has 2 N–H and O–H groups in total. The molecule has 1 atom stereocenters. The van der Waals surface area contributed by atoms with Gasteiger partial charge in [-0.1, -0.05) is 54.6 Å². The van der Waals surface area contributed by atoms with Crippen molar-refractivity contribution in [3.05, 3.63) is 144 Å². The molecule has 6 rings (SSSR count). The molecule has 1 aliphatic heterocycles. The van der Waals surface area contributed by atoms with Crippen molar-refractivity contribution < 1.29 is 18.0 Å². The summed E-state index contributed by atoms with van der Waals surface area (Å²) in [6.45, 7) is 3.98. The van der Waals surface area contributed by atoms with Gasteiger partial charge in [-0.3, -0.25) is 9.52 Å². The molecule has 4 nitrogen and oxygen atoms in total. The maximum Gasteiger partial charge on any atom is 0.416 e. The number of benzene rings is 5. The Balaban J connectivity index is 0.948. The van der Waals surface area contributed by atoms with Crippen molar-refractivity contribution in [2.75, 3.05) is 29.1 Å². The van der Waals surface area contributed by atoms with Gasteiger partial charge in [-0.25, -0.2) is 0 Å². The van der Waals surface area contributed by atoms with E-state index in [0.717, 1.165) is 83.2 Å². The molecule has 9 heteroatoms. The summed E-state index contributed by atoms with van der Waals surface area (Å²) in [4.78, 5) is 17.5. The third kappa shape index (κ3) is 9.67. The molecule has 258 valence electrons. The number of amides is 1. The minimum absolute atomic E-state index is 0.138. The van der Waals surface area contributed by atoms with Crippen LogP contribution in [0, 0.1) is 5.92 Å². The zero-order chi connectivity index (χ0) is 34.9. The lowest BCUT2D eigenvalue weighted by Crippen LogP contribution is -2.34. The maximum absolute atomic E-state index is 13.1. The summed E-state index contributed by atoms with van der Waals surface area (Å²) in [7, 11) is 0. The molecule has 1 amide bonds. The largest absolute Gasteiger partial charge is 0.416 e. The highest BCUT2D eigenvalue weighted by molar-refractivity contribution is 7.99. The van der Waals surface area contributed by atoms with E-state index in [1.54, 1.807) is 12.1 Å². The summed E-state index contributed by atoms with van der Waals surface area (Å²) in [5.74, 6) is 1.30. The van der Waals surface area contributed by atoms with Crippen LogP contribution >= 0.6 is 23.7 Å². The predicted octanol–water partition coefficient (Wildman–Crippen LogP) is 10.9. The Kier molecular flexibility index (Phi) is 11.8. The van der Waals surface area contributed by atoms with Gasteiger partial charge in [0.15, 0.2) is 0 Å². The molecule has 0 aromatic heterocycles. The van der Waals surface area contributed by atoms with Gasteiger partial charge in [-0.15, -0.1) is 11.8 Å². The van der Waals surface area contributed by atoms with E-state index in [9.17, 15) is 18.0 Å². The molecule has 0 radical (unpaired) electrons. The summed E-state index contributed by atoms with van der Waals surface area (Å²) in [5, 5.41) is 3.54. The van der Waals surface area contributed by atoms with Crippen molar-refractivity contribution >= 4 is 41.0 Å². The molecule has 5 aromatic rings. The minimum Gasteiger partial charge on any atom is -0.382 e. The van der Waals surface area contributed by atoms with Crippen LogP contribution in [0.5, 0.6) is 0 Å². The Morgan fingerprint density at radius 3 is 2.14 bits per heavy atom. The lowest BCUT2D eigenvalue weighted by molar-refractivity contribution is -0.137. The van der Waals surface area contributed by atoms with Crippen LogP contribution < -0.4 is 14.9 Å². The van der Waals surface area contributed by atoms with Crippen molar-refractivity contribution in [2.45, 2.75) is 48.2 Å². The van der Waals surface area contributed by atoms with E-state index in [1.807, 2.05) is 84.6 Å². The highest BCUT2D eigenvalue weighted by Gasteiger charge is 2.30. The first-order valence-corrected chi connectivity index (χ1v) is 18.6. The Morgan fingerprint density at radius 2 is 1.46 bits per heavy atom. The fourth-order valence-electron chi connectivity index (χ4n) is 6.20. The summed E-state index contributed by atoms with van der Waals surface area (Å²) in [6, 6.07) is 40.0. The first kappa shape index (κ1) is 35.5. The van der Waals surface area contributed by atoms with Crippen LogP contribution in [0.15, 0.2) is 137 Å². The standard InChI is InChI=1S/C41H40F3N3OS2/c1-29(28-49-37-8-3-2-4-9-37)45-35-17-21-38(22-18-35)50-46-40(48)32-13-19-36(20-14-32)47-25-23-30(24-26-47)27-33-7-5-6-10-39(33)31-11-15-34(16-12-31)41(42,43)44/h2-22,29-30,45H,23-28H2,1H3,(H,46,48). The molecule has 5 aromatic carbocycles. The first-order valence-electron chi connectivity index (χ1n) is 16.8. The van der Waals surface area contributed by atoms with Crippen LogP contribution in [-0.2, 0) is 12.6 Å². The second-order valence-corrected chi connectivity index (χ2v) is 14.6. The number of hydrogen-bond acceptors (Lipinski definition) is 5. The zero-order valence-corrected chi connectivity index (χ0v) is 29.5. The molecule has 0 aliphatic carbocycles. The molecule has 0 bridgehead atoms.